The number of carbonyl (C=O) groups is 3. The van der Waals surface area contributed by atoms with Crippen LogP contribution in [0.15, 0.2) is 77.3 Å². The fourth-order valence-electron chi connectivity index (χ4n) is 5.44. The van der Waals surface area contributed by atoms with Crippen LogP contribution in [-0.2, 0) is 19.1 Å². The normalized spacial score (nSPS) is 21.3. The van der Waals surface area contributed by atoms with Crippen LogP contribution in [0.1, 0.15) is 49.0 Å². The second-order valence-electron chi connectivity index (χ2n) is 9.24. The molecule has 0 spiro atoms. The van der Waals surface area contributed by atoms with Crippen LogP contribution in [0.2, 0.25) is 0 Å². The molecule has 0 saturated carbocycles. The molecule has 1 amide bonds. The summed E-state index contributed by atoms with van der Waals surface area (Å²) in [5.74, 6) is -2.83. The van der Waals surface area contributed by atoms with Crippen molar-refractivity contribution in [1.29, 1.82) is 0 Å². The summed E-state index contributed by atoms with van der Waals surface area (Å²) in [4.78, 5) is 43.6. The number of anilines is 1. The number of allylic oxidation sites excluding steroid dienone is 2. The Hall–Kier alpha value is -3.78. The van der Waals surface area contributed by atoms with E-state index in [1.165, 1.54) is 40.5 Å². The van der Waals surface area contributed by atoms with Crippen LogP contribution in [0.4, 0.5) is 10.1 Å². The topological polar surface area (TPSA) is 72.9 Å². The van der Waals surface area contributed by atoms with Crippen molar-refractivity contribution in [2.24, 2.45) is 5.92 Å². The summed E-state index contributed by atoms with van der Waals surface area (Å²) in [6.07, 6.45) is 0.330. The predicted molar refractivity (Wildman–Crippen MR) is 143 cm³/mol. The van der Waals surface area contributed by atoms with Crippen LogP contribution >= 0.6 is 11.3 Å². The van der Waals surface area contributed by atoms with Crippen LogP contribution in [0.5, 0.6) is 5.75 Å². The van der Waals surface area contributed by atoms with Gasteiger partial charge in [-0.25, -0.2) is 4.39 Å². The molecule has 1 aliphatic heterocycles. The number of amides is 1. The van der Waals surface area contributed by atoms with Crippen molar-refractivity contribution in [3.63, 3.8) is 0 Å². The minimum absolute atomic E-state index is 0.0369. The minimum atomic E-state index is -1.01. The number of benzene rings is 2. The molecular weight excluding hydrogens is 505 g/mol. The number of rotatable bonds is 7. The fraction of sp³-hybridized carbons (Fsp3) is 0.300. The fourth-order valence-corrected chi connectivity index (χ4v) is 6.31. The van der Waals surface area contributed by atoms with Gasteiger partial charge in [0.05, 0.1) is 13.2 Å². The molecule has 3 aromatic rings. The predicted octanol–water partition coefficient (Wildman–Crippen LogP) is 6.00. The zero-order valence-corrected chi connectivity index (χ0v) is 22.0. The maximum Gasteiger partial charge on any atom is 0.317 e. The Morgan fingerprint density at radius 2 is 1.74 bits per heavy atom. The lowest BCUT2D eigenvalue weighted by Gasteiger charge is -2.42. The summed E-state index contributed by atoms with van der Waals surface area (Å²) in [5.41, 5.74) is 2.26. The van der Waals surface area contributed by atoms with Gasteiger partial charge in [-0.1, -0.05) is 18.2 Å². The molecule has 0 saturated heterocycles. The molecule has 2 heterocycles. The highest BCUT2D eigenvalue weighted by molar-refractivity contribution is 7.10. The van der Waals surface area contributed by atoms with Gasteiger partial charge in [0.15, 0.2) is 5.78 Å². The van der Waals surface area contributed by atoms with E-state index in [0.29, 0.717) is 35.7 Å². The standard InChI is InChI=1S/C30H28FNO5S/c1-3-36-21-13-7-18(8-14-21)22-17-26(33)32(20-11-9-19(31)10-12-20)24-16-23(25-6-5-15-38-25)28(29(34)27(22)24)30(35)37-4-2/h5-15,22-23,28H,3-4,16-17H2,1-2H3/t22-,23-,28-/m0/s1. The first-order valence-corrected chi connectivity index (χ1v) is 13.6. The first kappa shape index (κ1) is 25.9. The number of carbonyl (C=O) groups excluding carboxylic acids is 3. The number of esters is 1. The van der Waals surface area contributed by atoms with E-state index in [1.807, 2.05) is 48.7 Å². The van der Waals surface area contributed by atoms with Crippen molar-refractivity contribution in [3.8, 4) is 5.75 Å². The number of halogens is 1. The van der Waals surface area contributed by atoms with Gasteiger partial charge in [-0.15, -0.1) is 11.3 Å². The van der Waals surface area contributed by atoms with E-state index in [1.54, 1.807) is 6.92 Å². The molecule has 0 unspecified atom stereocenters. The zero-order valence-electron chi connectivity index (χ0n) is 21.2. The lowest BCUT2D eigenvalue weighted by Crippen LogP contribution is -2.46. The van der Waals surface area contributed by atoms with E-state index in [9.17, 15) is 18.8 Å². The Kier molecular flexibility index (Phi) is 7.42. The monoisotopic (exact) mass is 533 g/mol. The van der Waals surface area contributed by atoms with E-state index in [4.69, 9.17) is 9.47 Å². The maximum absolute atomic E-state index is 14.3. The van der Waals surface area contributed by atoms with Gasteiger partial charge in [0.2, 0.25) is 5.91 Å². The van der Waals surface area contributed by atoms with Gasteiger partial charge in [-0.3, -0.25) is 19.3 Å². The summed E-state index contributed by atoms with van der Waals surface area (Å²) < 4.78 is 24.7. The largest absolute Gasteiger partial charge is 0.494 e. The van der Waals surface area contributed by atoms with Crippen molar-refractivity contribution in [2.45, 2.75) is 38.5 Å². The highest BCUT2D eigenvalue weighted by atomic mass is 32.1. The lowest BCUT2D eigenvalue weighted by molar-refractivity contribution is -0.152. The smallest absolute Gasteiger partial charge is 0.317 e. The molecule has 1 aliphatic carbocycles. The number of ketones is 1. The Morgan fingerprint density at radius 1 is 1.00 bits per heavy atom. The summed E-state index contributed by atoms with van der Waals surface area (Å²) in [5, 5.41) is 1.90. The van der Waals surface area contributed by atoms with Crippen LogP contribution in [0, 0.1) is 11.7 Å². The highest BCUT2D eigenvalue weighted by Gasteiger charge is 2.50. The number of thiophene rings is 1. The average molecular weight is 534 g/mol. The Morgan fingerprint density at radius 3 is 2.37 bits per heavy atom. The molecule has 196 valence electrons. The second kappa shape index (κ2) is 10.9. The van der Waals surface area contributed by atoms with Gasteiger partial charge < -0.3 is 9.47 Å². The molecule has 2 aromatic carbocycles. The number of nitrogens with zero attached hydrogens (tertiary/aromatic N) is 1. The third-order valence-corrected chi connectivity index (χ3v) is 8.05. The molecule has 1 aromatic heterocycles. The summed E-state index contributed by atoms with van der Waals surface area (Å²) in [6.45, 7) is 4.30. The van der Waals surface area contributed by atoms with Crippen molar-refractivity contribution < 1.29 is 28.2 Å². The van der Waals surface area contributed by atoms with Crippen molar-refractivity contribution in [1.82, 2.24) is 0 Å². The molecule has 0 bridgehead atoms. The molecule has 0 N–H and O–H groups in total. The van der Waals surface area contributed by atoms with Crippen LogP contribution < -0.4 is 9.64 Å². The first-order chi connectivity index (χ1) is 18.4. The van der Waals surface area contributed by atoms with E-state index >= 15 is 0 Å². The molecule has 2 aliphatic rings. The Balaban J connectivity index is 1.68. The number of hydrogen-bond acceptors (Lipinski definition) is 6. The van der Waals surface area contributed by atoms with Crippen LogP contribution in [-0.4, -0.2) is 30.9 Å². The molecule has 3 atom stereocenters. The molecule has 5 rings (SSSR count). The van der Waals surface area contributed by atoms with Gasteiger partial charge in [0.1, 0.15) is 17.5 Å². The highest BCUT2D eigenvalue weighted by Crippen LogP contribution is 2.50. The second-order valence-corrected chi connectivity index (χ2v) is 10.2. The van der Waals surface area contributed by atoms with Gasteiger partial charge in [-0.2, -0.15) is 0 Å². The van der Waals surface area contributed by atoms with Crippen LogP contribution in [0.3, 0.4) is 0 Å². The Bertz CT molecular complexity index is 1360. The molecule has 0 radical (unpaired) electrons. The summed E-state index contributed by atoms with van der Waals surface area (Å²) >= 11 is 1.46. The molecule has 6 nitrogen and oxygen atoms in total. The van der Waals surface area contributed by atoms with Crippen molar-refractivity contribution in [2.75, 3.05) is 18.1 Å². The van der Waals surface area contributed by atoms with Crippen LogP contribution in [0.25, 0.3) is 0 Å². The van der Waals surface area contributed by atoms with E-state index in [-0.39, 0.29) is 24.7 Å². The molecule has 0 fully saturated rings. The number of ether oxygens (including phenoxy) is 2. The molecule has 38 heavy (non-hydrogen) atoms. The van der Waals surface area contributed by atoms with Crippen molar-refractivity contribution >= 4 is 34.7 Å². The van der Waals surface area contributed by atoms with Crippen molar-refractivity contribution in [3.05, 3.63) is 93.6 Å². The van der Waals surface area contributed by atoms with E-state index in [2.05, 4.69) is 0 Å². The third kappa shape index (κ3) is 4.76. The van der Waals surface area contributed by atoms with E-state index < -0.39 is 29.5 Å². The zero-order chi connectivity index (χ0) is 26.8. The first-order valence-electron chi connectivity index (χ1n) is 12.7. The lowest BCUT2D eigenvalue weighted by atomic mass is 9.69. The average Bonchev–Trinajstić information content (AvgIpc) is 3.45. The maximum atomic E-state index is 14.3. The van der Waals surface area contributed by atoms with Gasteiger partial charge in [0, 0.05) is 40.1 Å². The van der Waals surface area contributed by atoms with Gasteiger partial charge >= 0.3 is 5.97 Å². The summed E-state index contributed by atoms with van der Waals surface area (Å²) in [7, 11) is 0. The minimum Gasteiger partial charge on any atom is -0.494 e. The number of Topliss-reactive ketones (excluding diaryl/α,β-unsaturated/α-hetero) is 1. The van der Waals surface area contributed by atoms with Gasteiger partial charge in [0.25, 0.3) is 0 Å². The summed E-state index contributed by atoms with van der Waals surface area (Å²) in [6, 6.07) is 16.8. The number of hydrogen-bond donors (Lipinski definition) is 0. The quantitative estimate of drug-likeness (QED) is 0.275. The Labute approximate surface area is 224 Å². The SMILES string of the molecule is CCOC(=O)[C@@H]1C(=O)C2=C(C[C@H]1c1cccs1)N(c1ccc(F)cc1)C(=O)C[C@H]2c1ccc(OCC)cc1. The molecular formula is C30H28FNO5S. The van der Waals surface area contributed by atoms with Gasteiger partial charge in [-0.05, 0) is 73.7 Å². The van der Waals surface area contributed by atoms with E-state index in [0.717, 1.165) is 10.4 Å². The molecule has 8 heteroatoms. The third-order valence-electron chi connectivity index (χ3n) is 7.05.